The topological polar surface area (TPSA) is 63.6 Å². The first kappa shape index (κ1) is 21.7. The summed E-state index contributed by atoms with van der Waals surface area (Å²) in [6.45, 7) is 1.27. The Morgan fingerprint density at radius 1 is 1.26 bits per heavy atom. The normalized spacial score (nSPS) is 11.9. The fourth-order valence-corrected chi connectivity index (χ4v) is 3.78. The van der Waals surface area contributed by atoms with E-state index in [4.69, 9.17) is 27.9 Å². The summed E-state index contributed by atoms with van der Waals surface area (Å²) in [5.74, 6) is -2.14. The Balaban J connectivity index is 2.65. The van der Waals surface area contributed by atoms with Crippen LogP contribution in [0.1, 0.15) is 18.1 Å². The van der Waals surface area contributed by atoms with Gasteiger partial charge >= 0.3 is 11.9 Å². The number of benzene rings is 2. The monoisotopic (exact) mass is 476 g/mol. The van der Waals surface area contributed by atoms with Crippen LogP contribution in [0.3, 0.4) is 0 Å². The van der Waals surface area contributed by atoms with Crippen LogP contribution in [-0.2, 0) is 27.2 Å². The molecule has 144 valence electrons. The van der Waals surface area contributed by atoms with Gasteiger partial charge < -0.3 is 9.84 Å². The van der Waals surface area contributed by atoms with Crippen LogP contribution in [0.5, 0.6) is 0 Å². The maximum absolute atomic E-state index is 14.4. The minimum absolute atomic E-state index is 0.139. The predicted octanol–water partition coefficient (Wildman–Crippen LogP) is 5.30. The van der Waals surface area contributed by atoms with Crippen molar-refractivity contribution in [1.29, 1.82) is 0 Å². The van der Waals surface area contributed by atoms with Crippen molar-refractivity contribution in [1.82, 2.24) is 0 Å². The highest BCUT2D eigenvalue weighted by molar-refractivity contribution is 9.09. The Labute approximate surface area is 174 Å². The van der Waals surface area contributed by atoms with Crippen LogP contribution in [0, 0.1) is 5.82 Å². The van der Waals surface area contributed by atoms with E-state index in [1.54, 1.807) is 18.2 Å². The van der Waals surface area contributed by atoms with Crippen molar-refractivity contribution in [2.24, 2.45) is 0 Å². The molecule has 0 aromatic heterocycles. The third kappa shape index (κ3) is 5.67. The fourth-order valence-electron chi connectivity index (χ4n) is 2.82. The highest BCUT2D eigenvalue weighted by Gasteiger charge is 2.22. The molecule has 0 unspecified atom stereocenters. The summed E-state index contributed by atoms with van der Waals surface area (Å²) < 4.78 is 19.5. The molecule has 0 saturated heterocycles. The molecule has 2 aromatic carbocycles. The molecule has 2 rings (SSSR count). The molecule has 0 amide bonds. The smallest absolute Gasteiger partial charge is 0.307 e. The Morgan fingerprint density at radius 3 is 2.41 bits per heavy atom. The van der Waals surface area contributed by atoms with Crippen molar-refractivity contribution in [3.8, 4) is 11.1 Å². The fraction of sp³-hybridized carbons (Fsp3) is 0.263. The Hall–Kier alpha value is -1.63. The van der Waals surface area contributed by atoms with E-state index in [1.165, 1.54) is 19.1 Å². The Morgan fingerprint density at radius 2 is 1.89 bits per heavy atom. The van der Waals surface area contributed by atoms with Gasteiger partial charge in [-0.15, -0.1) is 0 Å². The Kier molecular flexibility index (Phi) is 7.65. The molecule has 0 fully saturated rings. The summed E-state index contributed by atoms with van der Waals surface area (Å²) in [6, 6.07) is 7.29. The summed E-state index contributed by atoms with van der Waals surface area (Å²) >= 11 is 15.7. The first-order chi connectivity index (χ1) is 12.7. The summed E-state index contributed by atoms with van der Waals surface area (Å²) in [4.78, 5) is 22.7. The molecule has 0 aliphatic heterocycles. The molecule has 27 heavy (non-hydrogen) atoms. The summed E-state index contributed by atoms with van der Waals surface area (Å²) in [5, 5.41) is 10.2. The zero-order valence-corrected chi connectivity index (χ0v) is 17.4. The van der Waals surface area contributed by atoms with Gasteiger partial charge in [-0.2, -0.15) is 0 Å². The lowest BCUT2D eigenvalue weighted by Gasteiger charge is -2.20. The van der Waals surface area contributed by atoms with Crippen LogP contribution in [0.15, 0.2) is 30.3 Å². The lowest BCUT2D eigenvalue weighted by Crippen LogP contribution is -2.22. The average molecular weight is 478 g/mol. The maximum atomic E-state index is 14.4. The Bertz CT molecular complexity index is 853. The largest absolute Gasteiger partial charge is 0.481 e. The van der Waals surface area contributed by atoms with Crippen molar-refractivity contribution in [2.75, 3.05) is 5.33 Å². The number of carboxylic acids is 1. The molecule has 1 atom stereocenters. The number of carbonyl (C=O) groups excluding carboxylic acids is 1. The third-order valence-corrected chi connectivity index (χ3v) is 5.17. The van der Waals surface area contributed by atoms with Crippen LogP contribution in [0.25, 0.3) is 11.1 Å². The maximum Gasteiger partial charge on any atom is 0.307 e. The molecule has 1 N–H and O–H groups in total. The second kappa shape index (κ2) is 9.53. The van der Waals surface area contributed by atoms with Crippen molar-refractivity contribution in [3.63, 3.8) is 0 Å². The van der Waals surface area contributed by atoms with Crippen molar-refractivity contribution >= 4 is 51.1 Å². The van der Waals surface area contributed by atoms with Gasteiger partial charge in [-0.1, -0.05) is 45.2 Å². The molecule has 2 aromatic rings. The lowest BCUT2D eigenvalue weighted by molar-refractivity contribution is -0.145. The predicted molar refractivity (Wildman–Crippen MR) is 106 cm³/mol. The molecule has 0 aliphatic rings. The van der Waals surface area contributed by atoms with Gasteiger partial charge in [0.05, 0.1) is 6.42 Å². The molecule has 8 heteroatoms. The van der Waals surface area contributed by atoms with Gasteiger partial charge in [-0.05, 0) is 41.0 Å². The molecular weight excluding hydrogens is 462 g/mol. The number of hydrogen-bond acceptors (Lipinski definition) is 3. The minimum atomic E-state index is -1.09. The molecule has 0 aliphatic carbocycles. The number of alkyl halides is 1. The van der Waals surface area contributed by atoms with Gasteiger partial charge in [0, 0.05) is 34.3 Å². The molecule has 0 radical (unpaired) electrons. The standard InChI is InChI=1S/C19H16BrCl2FO4/c1-10(24)27-13(9-20)6-11-5-12(23)7-15(14(11)8-18(25)26)19-16(21)3-2-4-17(19)22/h2-5,7,13H,6,8-9H2,1H3,(H,25,26)/t13-/m0/s1. The summed E-state index contributed by atoms with van der Waals surface area (Å²) in [5.41, 5.74) is 1.45. The van der Waals surface area contributed by atoms with E-state index in [0.29, 0.717) is 27.6 Å². The zero-order valence-electron chi connectivity index (χ0n) is 14.3. The third-order valence-electron chi connectivity index (χ3n) is 3.82. The SMILES string of the molecule is CC(=O)O[C@H](CBr)Cc1cc(F)cc(-c2c(Cl)cccc2Cl)c1CC(=O)O. The van der Waals surface area contributed by atoms with Gasteiger partial charge in [0.2, 0.25) is 0 Å². The molecular formula is C19H16BrCl2FO4. The van der Waals surface area contributed by atoms with Crippen LogP contribution in [0.2, 0.25) is 10.0 Å². The van der Waals surface area contributed by atoms with Gasteiger partial charge in [0.25, 0.3) is 0 Å². The van der Waals surface area contributed by atoms with E-state index in [1.807, 2.05) is 0 Å². The summed E-state index contributed by atoms with van der Waals surface area (Å²) in [7, 11) is 0. The van der Waals surface area contributed by atoms with Crippen LogP contribution in [-0.4, -0.2) is 28.5 Å². The number of rotatable bonds is 7. The van der Waals surface area contributed by atoms with E-state index >= 15 is 0 Å². The zero-order chi connectivity index (χ0) is 20.1. The second-order valence-electron chi connectivity index (χ2n) is 5.85. The average Bonchev–Trinajstić information content (AvgIpc) is 2.56. The van der Waals surface area contributed by atoms with E-state index < -0.39 is 23.9 Å². The molecule has 0 saturated carbocycles. The van der Waals surface area contributed by atoms with Crippen molar-refractivity contribution in [2.45, 2.75) is 25.9 Å². The number of ether oxygens (including phenoxy) is 1. The number of halogens is 4. The highest BCUT2D eigenvalue weighted by Crippen LogP contribution is 2.38. The number of aliphatic carboxylic acids is 1. The van der Waals surface area contributed by atoms with Gasteiger partial charge in [-0.25, -0.2) is 4.39 Å². The van der Waals surface area contributed by atoms with Crippen molar-refractivity contribution in [3.05, 3.63) is 57.3 Å². The van der Waals surface area contributed by atoms with Crippen LogP contribution in [0.4, 0.5) is 4.39 Å². The summed E-state index contributed by atoms with van der Waals surface area (Å²) in [6.07, 6.45) is -0.798. The molecule has 0 bridgehead atoms. The van der Waals surface area contributed by atoms with Crippen LogP contribution >= 0.6 is 39.1 Å². The minimum Gasteiger partial charge on any atom is -0.481 e. The lowest BCUT2D eigenvalue weighted by atomic mass is 9.90. The molecule has 0 spiro atoms. The molecule has 4 nitrogen and oxygen atoms in total. The van der Waals surface area contributed by atoms with Gasteiger partial charge in [-0.3, -0.25) is 9.59 Å². The van der Waals surface area contributed by atoms with E-state index in [-0.39, 0.29) is 22.9 Å². The van der Waals surface area contributed by atoms with E-state index in [2.05, 4.69) is 15.9 Å². The second-order valence-corrected chi connectivity index (χ2v) is 7.31. The quantitative estimate of drug-likeness (QED) is 0.434. The van der Waals surface area contributed by atoms with E-state index in [9.17, 15) is 19.1 Å². The number of hydrogen-bond donors (Lipinski definition) is 1. The first-order valence-electron chi connectivity index (χ1n) is 7.93. The number of carboxylic acid groups (broad SMARTS) is 1. The number of esters is 1. The molecule has 0 heterocycles. The first-order valence-corrected chi connectivity index (χ1v) is 9.81. The van der Waals surface area contributed by atoms with Gasteiger partial charge in [0.15, 0.2) is 0 Å². The highest BCUT2D eigenvalue weighted by atomic mass is 79.9. The van der Waals surface area contributed by atoms with Crippen molar-refractivity contribution < 1.29 is 23.8 Å². The van der Waals surface area contributed by atoms with E-state index in [0.717, 1.165) is 0 Å². The van der Waals surface area contributed by atoms with Crippen LogP contribution < -0.4 is 0 Å². The number of carbonyl (C=O) groups is 2. The van der Waals surface area contributed by atoms with Gasteiger partial charge in [0.1, 0.15) is 11.9 Å².